The molecule has 0 atom stereocenters. The second-order valence-electron chi connectivity index (χ2n) is 7.34. The molecule has 1 heterocycles. The Hall–Kier alpha value is -2.95. The van der Waals surface area contributed by atoms with Crippen molar-refractivity contribution in [3.05, 3.63) is 70.8 Å². The van der Waals surface area contributed by atoms with E-state index < -0.39 is 23.2 Å². The summed E-state index contributed by atoms with van der Waals surface area (Å²) >= 11 is 0. The van der Waals surface area contributed by atoms with Gasteiger partial charge in [0.15, 0.2) is 0 Å². The van der Waals surface area contributed by atoms with E-state index in [9.17, 15) is 14.4 Å². The number of carbonyl (C=O) groups is 3. The summed E-state index contributed by atoms with van der Waals surface area (Å²) in [5, 5.41) is 0.624. The minimum atomic E-state index is -0.820. The topological polar surface area (TPSA) is 63.7 Å². The van der Waals surface area contributed by atoms with Gasteiger partial charge in [-0.1, -0.05) is 66.3 Å². The molecule has 27 heavy (non-hydrogen) atoms. The lowest BCUT2D eigenvalue weighted by atomic mass is 9.69. The lowest BCUT2D eigenvalue weighted by Gasteiger charge is -2.36. The van der Waals surface area contributed by atoms with Crippen molar-refractivity contribution in [2.75, 3.05) is 0 Å². The molecule has 2 aromatic carbocycles. The van der Waals surface area contributed by atoms with Crippen LogP contribution < -0.4 is 0 Å². The van der Waals surface area contributed by atoms with Gasteiger partial charge in [0.25, 0.3) is 11.8 Å². The predicted molar refractivity (Wildman–Crippen MR) is 99.0 cm³/mol. The van der Waals surface area contributed by atoms with Crippen molar-refractivity contribution in [3.8, 4) is 0 Å². The lowest BCUT2D eigenvalue weighted by Crippen LogP contribution is -2.44. The average Bonchev–Trinajstić information content (AvgIpc) is 2.94. The molecule has 1 aliphatic carbocycles. The Balaban J connectivity index is 1.66. The van der Waals surface area contributed by atoms with Gasteiger partial charge in [0, 0.05) is 0 Å². The van der Waals surface area contributed by atoms with Crippen LogP contribution in [0, 0.1) is 6.92 Å². The molecule has 0 bridgehead atoms. The maximum atomic E-state index is 13.3. The molecule has 4 rings (SSSR count). The molecule has 1 aliphatic heterocycles. The van der Waals surface area contributed by atoms with Gasteiger partial charge in [0.1, 0.15) is 0 Å². The molecule has 0 radical (unpaired) electrons. The van der Waals surface area contributed by atoms with Gasteiger partial charge in [-0.15, -0.1) is 0 Å². The van der Waals surface area contributed by atoms with Crippen LogP contribution in [0.5, 0.6) is 0 Å². The van der Waals surface area contributed by atoms with Crippen molar-refractivity contribution in [2.24, 2.45) is 0 Å². The highest BCUT2D eigenvalue weighted by atomic mass is 16.7. The Kier molecular flexibility index (Phi) is 4.30. The Bertz CT molecular complexity index is 892. The summed E-state index contributed by atoms with van der Waals surface area (Å²) in [6.45, 7) is 1.98. The van der Waals surface area contributed by atoms with E-state index in [1.165, 1.54) is 0 Å². The summed E-state index contributed by atoms with van der Waals surface area (Å²) in [5.41, 5.74) is 1.67. The molecule has 5 nitrogen and oxygen atoms in total. The van der Waals surface area contributed by atoms with Gasteiger partial charge in [-0.2, -0.15) is 0 Å². The number of hydrogen-bond acceptors (Lipinski definition) is 4. The zero-order valence-electron chi connectivity index (χ0n) is 15.2. The first-order chi connectivity index (χ1) is 13.0. The summed E-state index contributed by atoms with van der Waals surface area (Å²) in [7, 11) is 0. The highest BCUT2D eigenvalue weighted by Gasteiger charge is 2.47. The van der Waals surface area contributed by atoms with Gasteiger partial charge >= 0.3 is 5.97 Å². The third kappa shape index (κ3) is 2.83. The van der Waals surface area contributed by atoms with Gasteiger partial charge in [0.05, 0.1) is 16.5 Å². The molecule has 138 valence electrons. The molecule has 2 amide bonds. The van der Waals surface area contributed by atoms with Crippen LogP contribution in [0.4, 0.5) is 0 Å². The van der Waals surface area contributed by atoms with E-state index in [0.29, 0.717) is 17.9 Å². The molecule has 1 fully saturated rings. The number of imide groups is 1. The minimum absolute atomic E-state index is 0.267. The van der Waals surface area contributed by atoms with Gasteiger partial charge < -0.3 is 4.84 Å². The van der Waals surface area contributed by atoms with E-state index in [0.717, 1.165) is 30.4 Å². The fraction of sp³-hybridized carbons (Fsp3) is 0.318. The highest BCUT2D eigenvalue weighted by molar-refractivity contribution is 6.21. The number of carbonyl (C=O) groups excluding carboxylic acids is 3. The predicted octanol–water partition coefficient (Wildman–Crippen LogP) is 3.95. The molecule has 0 spiro atoms. The van der Waals surface area contributed by atoms with Crippen molar-refractivity contribution in [1.29, 1.82) is 0 Å². The third-order valence-corrected chi connectivity index (χ3v) is 5.60. The van der Waals surface area contributed by atoms with Crippen LogP contribution in [0.2, 0.25) is 0 Å². The van der Waals surface area contributed by atoms with E-state index in [1.54, 1.807) is 24.3 Å². The molecule has 5 heteroatoms. The van der Waals surface area contributed by atoms with E-state index in [2.05, 4.69) is 0 Å². The summed E-state index contributed by atoms with van der Waals surface area (Å²) in [4.78, 5) is 43.8. The monoisotopic (exact) mass is 363 g/mol. The number of hydrogen-bond donors (Lipinski definition) is 0. The third-order valence-electron chi connectivity index (χ3n) is 5.60. The average molecular weight is 363 g/mol. The number of nitrogens with zero attached hydrogens (tertiary/aromatic N) is 1. The molecular weight excluding hydrogens is 342 g/mol. The fourth-order valence-electron chi connectivity index (χ4n) is 4.13. The van der Waals surface area contributed by atoms with Gasteiger partial charge in [0.2, 0.25) is 0 Å². The SMILES string of the molecule is Cc1cccc(C2(C(=O)ON3C(=O)c4ccccc4C3=O)CCCCC2)c1. The normalized spacial score (nSPS) is 18.3. The number of amides is 2. The smallest absolute Gasteiger partial charge is 0.329 e. The second-order valence-corrected chi connectivity index (χ2v) is 7.34. The molecule has 0 N–H and O–H groups in total. The Morgan fingerprint density at radius 3 is 2.15 bits per heavy atom. The Morgan fingerprint density at radius 2 is 1.56 bits per heavy atom. The van der Waals surface area contributed by atoms with Crippen LogP contribution in [0.25, 0.3) is 0 Å². The van der Waals surface area contributed by atoms with Crippen molar-refractivity contribution in [2.45, 2.75) is 44.4 Å². The van der Waals surface area contributed by atoms with E-state index in [1.807, 2.05) is 31.2 Å². The van der Waals surface area contributed by atoms with Crippen LogP contribution in [0.15, 0.2) is 48.5 Å². The van der Waals surface area contributed by atoms with E-state index in [-0.39, 0.29) is 11.1 Å². The second kappa shape index (κ2) is 6.65. The van der Waals surface area contributed by atoms with Crippen LogP contribution in [0.1, 0.15) is 63.9 Å². The maximum Gasteiger partial charge on any atom is 0.343 e. The zero-order valence-corrected chi connectivity index (χ0v) is 15.2. The van der Waals surface area contributed by atoms with E-state index in [4.69, 9.17) is 4.84 Å². The maximum absolute atomic E-state index is 13.3. The van der Waals surface area contributed by atoms with Crippen LogP contribution in [0.3, 0.4) is 0 Å². The van der Waals surface area contributed by atoms with Crippen molar-refractivity contribution in [1.82, 2.24) is 5.06 Å². The number of rotatable bonds is 3. The van der Waals surface area contributed by atoms with Crippen LogP contribution in [-0.4, -0.2) is 22.8 Å². The van der Waals surface area contributed by atoms with Crippen LogP contribution in [-0.2, 0) is 15.0 Å². The molecule has 0 aromatic heterocycles. The van der Waals surface area contributed by atoms with E-state index >= 15 is 0 Å². The van der Waals surface area contributed by atoms with Crippen molar-refractivity contribution >= 4 is 17.8 Å². The zero-order chi connectivity index (χ0) is 19.0. The Labute approximate surface area is 157 Å². The standard InChI is InChI=1S/C22H21NO4/c1-15-8-7-9-16(14-15)22(12-5-2-6-13-22)21(26)27-23-19(24)17-10-3-4-11-18(17)20(23)25/h3-4,7-11,14H,2,5-6,12-13H2,1H3. The summed E-state index contributed by atoms with van der Waals surface area (Å²) in [6, 6.07) is 14.3. The van der Waals surface area contributed by atoms with Crippen molar-refractivity contribution in [3.63, 3.8) is 0 Å². The minimum Gasteiger partial charge on any atom is -0.329 e. The molecule has 2 aliphatic rings. The molecular formula is C22H21NO4. The Morgan fingerprint density at radius 1 is 0.926 bits per heavy atom. The molecule has 0 saturated heterocycles. The first-order valence-corrected chi connectivity index (χ1v) is 9.30. The lowest BCUT2D eigenvalue weighted by molar-refractivity contribution is -0.177. The van der Waals surface area contributed by atoms with Crippen LogP contribution >= 0.6 is 0 Å². The van der Waals surface area contributed by atoms with Gasteiger partial charge in [-0.25, -0.2) is 4.79 Å². The van der Waals surface area contributed by atoms with Gasteiger partial charge in [-0.05, 0) is 37.5 Å². The summed E-state index contributed by atoms with van der Waals surface area (Å²) in [5.74, 6) is -1.69. The van der Waals surface area contributed by atoms with Crippen molar-refractivity contribution < 1.29 is 19.2 Å². The number of hydroxylamine groups is 2. The summed E-state index contributed by atoms with van der Waals surface area (Å²) < 4.78 is 0. The first kappa shape index (κ1) is 17.5. The number of benzene rings is 2. The first-order valence-electron chi connectivity index (χ1n) is 9.30. The molecule has 0 unspecified atom stereocenters. The fourth-order valence-corrected chi connectivity index (χ4v) is 4.13. The largest absolute Gasteiger partial charge is 0.343 e. The summed E-state index contributed by atoms with van der Waals surface area (Å²) in [6.07, 6.45) is 4.18. The number of aryl methyl sites for hydroxylation is 1. The molecule has 2 aromatic rings. The van der Waals surface area contributed by atoms with Gasteiger partial charge in [-0.3, -0.25) is 9.59 Å². The highest BCUT2D eigenvalue weighted by Crippen LogP contribution is 2.41. The quantitative estimate of drug-likeness (QED) is 0.775. The molecule has 1 saturated carbocycles. The number of fused-ring (bicyclic) bond motifs is 1.